The summed E-state index contributed by atoms with van der Waals surface area (Å²) in [5.41, 5.74) is 7.28. The van der Waals surface area contributed by atoms with Gasteiger partial charge in [-0.2, -0.15) is 0 Å². The third-order valence-electron chi connectivity index (χ3n) is 3.56. The summed E-state index contributed by atoms with van der Waals surface area (Å²) in [7, 11) is 0. The summed E-state index contributed by atoms with van der Waals surface area (Å²) < 4.78 is 0. The lowest BCUT2D eigenvalue weighted by Crippen LogP contribution is -2.41. The minimum atomic E-state index is -1.08. The van der Waals surface area contributed by atoms with Crippen molar-refractivity contribution >= 4 is 11.9 Å². The standard InChI is InChI=1S/C14H18N2O4/c15-7-10-4-2-1-3-9(10)5-13(18)16-8-11(17)6-12(16)14(19)20/h1-4,11-12,17H,5-8,15H2,(H,19,20)/t11?,12-/m0/s1. The van der Waals surface area contributed by atoms with Crippen molar-refractivity contribution in [2.75, 3.05) is 6.54 Å². The Morgan fingerprint density at radius 1 is 1.30 bits per heavy atom. The fourth-order valence-electron chi connectivity index (χ4n) is 2.52. The van der Waals surface area contributed by atoms with Crippen LogP contribution in [-0.2, 0) is 22.6 Å². The molecule has 1 aromatic rings. The molecule has 1 unspecified atom stereocenters. The molecule has 0 aromatic heterocycles. The first-order chi connectivity index (χ1) is 9.52. The van der Waals surface area contributed by atoms with Gasteiger partial charge in [0.05, 0.1) is 12.5 Å². The van der Waals surface area contributed by atoms with E-state index in [4.69, 9.17) is 10.8 Å². The van der Waals surface area contributed by atoms with Gasteiger partial charge in [0.25, 0.3) is 0 Å². The molecule has 0 bridgehead atoms. The topological polar surface area (TPSA) is 104 Å². The van der Waals surface area contributed by atoms with E-state index in [0.29, 0.717) is 6.54 Å². The minimum Gasteiger partial charge on any atom is -0.480 e. The van der Waals surface area contributed by atoms with Crippen molar-refractivity contribution in [3.63, 3.8) is 0 Å². The fourth-order valence-corrected chi connectivity index (χ4v) is 2.52. The molecule has 0 aliphatic carbocycles. The van der Waals surface area contributed by atoms with E-state index in [-0.39, 0.29) is 25.3 Å². The molecular weight excluding hydrogens is 260 g/mol. The number of hydrogen-bond acceptors (Lipinski definition) is 4. The van der Waals surface area contributed by atoms with Crippen LogP contribution in [0.3, 0.4) is 0 Å². The Balaban J connectivity index is 2.13. The lowest BCUT2D eigenvalue weighted by atomic mass is 10.0. The molecule has 1 fully saturated rings. The summed E-state index contributed by atoms with van der Waals surface area (Å²) in [4.78, 5) is 24.6. The van der Waals surface area contributed by atoms with Crippen molar-refractivity contribution in [3.05, 3.63) is 35.4 Å². The monoisotopic (exact) mass is 278 g/mol. The quantitative estimate of drug-likeness (QED) is 0.703. The Morgan fingerprint density at radius 3 is 2.55 bits per heavy atom. The molecule has 1 saturated heterocycles. The Morgan fingerprint density at radius 2 is 1.95 bits per heavy atom. The number of aliphatic hydroxyl groups excluding tert-OH is 1. The van der Waals surface area contributed by atoms with E-state index in [0.717, 1.165) is 11.1 Å². The van der Waals surface area contributed by atoms with Crippen LogP contribution in [0.4, 0.5) is 0 Å². The highest BCUT2D eigenvalue weighted by molar-refractivity contribution is 5.86. The number of carbonyl (C=O) groups excluding carboxylic acids is 1. The number of β-amino-alcohol motifs (C(OH)–C–C–N with tert-alkyl or cyclic N) is 1. The summed E-state index contributed by atoms with van der Waals surface area (Å²) in [6.45, 7) is 0.398. The molecule has 0 radical (unpaired) electrons. The van der Waals surface area contributed by atoms with Gasteiger partial charge >= 0.3 is 5.97 Å². The van der Waals surface area contributed by atoms with E-state index in [1.807, 2.05) is 24.3 Å². The first-order valence-corrected chi connectivity index (χ1v) is 6.50. The van der Waals surface area contributed by atoms with Crippen LogP contribution in [-0.4, -0.2) is 45.7 Å². The number of nitrogens with two attached hydrogens (primary N) is 1. The molecule has 6 heteroatoms. The van der Waals surface area contributed by atoms with Gasteiger partial charge < -0.3 is 20.8 Å². The average molecular weight is 278 g/mol. The second-order valence-corrected chi connectivity index (χ2v) is 4.94. The van der Waals surface area contributed by atoms with Crippen LogP contribution in [0.1, 0.15) is 17.5 Å². The second-order valence-electron chi connectivity index (χ2n) is 4.94. The number of hydrogen-bond donors (Lipinski definition) is 3. The molecule has 0 saturated carbocycles. The second kappa shape index (κ2) is 6.02. The Hall–Kier alpha value is -1.92. The maximum absolute atomic E-state index is 12.3. The molecule has 20 heavy (non-hydrogen) atoms. The van der Waals surface area contributed by atoms with E-state index in [1.165, 1.54) is 4.90 Å². The molecule has 6 nitrogen and oxygen atoms in total. The maximum Gasteiger partial charge on any atom is 0.326 e. The number of benzene rings is 1. The van der Waals surface area contributed by atoms with Crippen LogP contribution in [0.5, 0.6) is 0 Å². The zero-order chi connectivity index (χ0) is 14.7. The molecule has 2 atom stereocenters. The van der Waals surface area contributed by atoms with E-state index in [2.05, 4.69) is 0 Å². The number of aliphatic carboxylic acids is 1. The highest BCUT2D eigenvalue weighted by Gasteiger charge is 2.38. The predicted molar refractivity (Wildman–Crippen MR) is 71.8 cm³/mol. The molecular formula is C14H18N2O4. The van der Waals surface area contributed by atoms with Gasteiger partial charge in [0.2, 0.25) is 5.91 Å². The van der Waals surface area contributed by atoms with Gasteiger partial charge in [-0.15, -0.1) is 0 Å². The largest absolute Gasteiger partial charge is 0.480 e. The van der Waals surface area contributed by atoms with Gasteiger partial charge in [0.1, 0.15) is 6.04 Å². The van der Waals surface area contributed by atoms with Gasteiger partial charge in [0.15, 0.2) is 0 Å². The minimum absolute atomic E-state index is 0.0700. The number of nitrogens with zero attached hydrogens (tertiary/aromatic N) is 1. The maximum atomic E-state index is 12.3. The molecule has 1 amide bonds. The highest BCUT2D eigenvalue weighted by atomic mass is 16.4. The SMILES string of the molecule is NCc1ccccc1CC(=O)N1CC(O)C[C@H]1C(=O)O. The first kappa shape index (κ1) is 14.5. The predicted octanol–water partition coefficient (Wildman–Crippen LogP) is -0.266. The number of carbonyl (C=O) groups is 2. The average Bonchev–Trinajstić information content (AvgIpc) is 2.82. The van der Waals surface area contributed by atoms with Crippen molar-refractivity contribution < 1.29 is 19.8 Å². The Kier molecular flexibility index (Phi) is 4.36. The van der Waals surface area contributed by atoms with Crippen molar-refractivity contribution in [2.24, 2.45) is 5.73 Å². The first-order valence-electron chi connectivity index (χ1n) is 6.50. The molecule has 1 heterocycles. The van der Waals surface area contributed by atoms with E-state index in [1.54, 1.807) is 0 Å². The zero-order valence-electron chi connectivity index (χ0n) is 11.0. The summed E-state index contributed by atoms with van der Waals surface area (Å²) in [5.74, 6) is -1.38. The van der Waals surface area contributed by atoms with Crippen LogP contribution in [0.15, 0.2) is 24.3 Å². The summed E-state index contributed by atoms with van der Waals surface area (Å²) >= 11 is 0. The summed E-state index contributed by atoms with van der Waals surface area (Å²) in [5, 5.41) is 18.6. The van der Waals surface area contributed by atoms with Crippen molar-refractivity contribution in [2.45, 2.75) is 31.5 Å². The normalized spacial score (nSPS) is 22.0. The van der Waals surface area contributed by atoms with Crippen molar-refractivity contribution in [3.8, 4) is 0 Å². The molecule has 108 valence electrons. The fraction of sp³-hybridized carbons (Fsp3) is 0.429. The van der Waals surface area contributed by atoms with Crippen LogP contribution >= 0.6 is 0 Å². The van der Waals surface area contributed by atoms with Gasteiger partial charge in [-0.3, -0.25) is 4.79 Å². The smallest absolute Gasteiger partial charge is 0.326 e. The molecule has 1 aliphatic rings. The van der Waals surface area contributed by atoms with E-state index in [9.17, 15) is 14.7 Å². The lowest BCUT2D eigenvalue weighted by molar-refractivity contribution is -0.148. The Bertz CT molecular complexity index is 518. The molecule has 1 aromatic carbocycles. The van der Waals surface area contributed by atoms with Crippen LogP contribution < -0.4 is 5.73 Å². The third-order valence-corrected chi connectivity index (χ3v) is 3.56. The van der Waals surface area contributed by atoms with Crippen LogP contribution in [0.2, 0.25) is 0 Å². The number of likely N-dealkylation sites (tertiary alicyclic amines) is 1. The number of carboxylic acid groups (broad SMARTS) is 1. The van der Waals surface area contributed by atoms with Crippen LogP contribution in [0.25, 0.3) is 0 Å². The number of rotatable bonds is 4. The Labute approximate surface area is 116 Å². The van der Waals surface area contributed by atoms with Crippen LogP contribution in [0, 0.1) is 0 Å². The molecule has 0 spiro atoms. The number of carboxylic acids is 1. The van der Waals surface area contributed by atoms with Gasteiger partial charge in [-0.1, -0.05) is 24.3 Å². The summed E-state index contributed by atoms with van der Waals surface area (Å²) in [6, 6.07) is 6.37. The number of amides is 1. The van der Waals surface area contributed by atoms with E-state index < -0.39 is 18.1 Å². The van der Waals surface area contributed by atoms with Gasteiger partial charge in [-0.25, -0.2) is 4.79 Å². The molecule has 2 rings (SSSR count). The van der Waals surface area contributed by atoms with Crippen molar-refractivity contribution in [1.29, 1.82) is 0 Å². The molecule has 4 N–H and O–H groups in total. The highest BCUT2D eigenvalue weighted by Crippen LogP contribution is 2.20. The molecule has 1 aliphatic heterocycles. The lowest BCUT2D eigenvalue weighted by Gasteiger charge is -2.21. The summed E-state index contributed by atoms with van der Waals surface area (Å²) in [6.07, 6.45) is -0.589. The third kappa shape index (κ3) is 2.97. The van der Waals surface area contributed by atoms with Crippen molar-refractivity contribution in [1.82, 2.24) is 4.90 Å². The van der Waals surface area contributed by atoms with Gasteiger partial charge in [-0.05, 0) is 11.1 Å². The van der Waals surface area contributed by atoms with E-state index >= 15 is 0 Å². The van der Waals surface area contributed by atoms with Gasteiger partial charge in [0, 0.05) is 19.5 Å². The number of aliphatic hydroxyl groups is 1. The zero-order valence-corrected chi connectivity index (χ0v) is 11.0.